The van der Waals surface area contributed by atoms with Gasteiger partial charge in [0.25, 0.3) is 5.91 Å². The summed E-state index contributed by atoms with van der Waals surface area (Å²) in [5.74, 6) is -0.472. The third kappa shape index (κ3) is 2.69. The molecule has 3 rings (SSSR count). The Morgan fingerprint density at radius 3 is 2.33 bits per heavy atom. The number of piperidine rings is 1. The summed E-state index contributed by atoms with van der Waals surface area (Å²) in [6.45, 7) is 1.87. The van der Waals surface area contributed by atoms with Gasteiger partial charge in [0.2, 0.25) is 0 Å². The van der Waals surface area contributed by atoms with Crippen molar-refractivity contribution in [2.75, 3.05) is 23.7 Å². The molecule has 1 aliphatic carbocycles. The Bertz CT molecular complexity index is 557. The molecule has 0 radical (unpaired) electrons. The molecule has 1 spiro atoms. The van der Waals surface area contributed by atoms with E-state index in [-0.39, 0.29) is 0 Å². The molecule has 1 heterocycles. The Balaban J connectivity index is 1.86. The number of rotatable bonds is 2. The molecule has 2 aliphatic rings. The second kappa shape index (κ2) is 5.41. The van der Waals surface area contributed by atoms with Crippen LogP contribution in [0.1, 0.15) is 48.9 Å². The summed E-state index contributed by atoms with van der Waals surface area (Å²) in [6, 6.07) is 3.33. The topological polar surface area (TPSA) is 72.3 Å². The van der Waals surface area contributed by atoms with E-state index >= 15 is 0 Å². The number of hydrogen-bond acceptors (Lipinski definition) is 3. The largest absolute Gasteiger partial charge is 0.399 e. The number of carbonyl (C=O) groups excluding carboxylic acids is 1. The zero-order valence-electron chi connectivity index (χ0n) is 12.2. The van der Waals surface area contributed by atoms with Gasteiger partial charge in [-0.3, -0.25) is 4.79 Å². The number of nitrogen functional groups attached to an aromatic ring is 1. The minimum atomic E-state index is -0.472. The van der Waals surface area contributed by atoms with E-state index in [0.717, 1.165) is 18.8 Å². The molecule has 0 bridgehead atoms. The van der Waals surface area contributed by atoms with Gasteiger partial charge in [-0.15, -0.1) is 0 Å². The summed E-state index contributed by atoms with van der Waals surface area (Å²) in [6.07, 6.45) is 7.75. The lowest BCUT2D eigenvalue weighted by atomic mass is 9.77. The van der Waals surface area contributed by atoms with E-state index in [0.29, 0.717) is 21.7 Å². The van der Waals surface area contributed by atoms with Gasteiger partial charge in [-0.1, -0.05) is 24.4 Å². The number of anilines is 2. The standard InChI is InChI=1S/C16H22ClN3O/c17-13-10-11(18)9-12(15(19)21)14(13)20-7-5-16(6-8-20)3-1-2-4-16/h9-10H,1-8,18H2,(H2,19,21). The van der Waals surface area contributed by atoms with Crippen molar-refractivity contribution in [3.63, 3.8) is 0 Å². The lowest BCUT2D eigenvalue weighted by Gasteiger charge is -2.41. The maximum absolute atomic E-state index is 11.7. The molecule has 2 fully saturated rings. The van der Waals surface area contributed by atoms with Crippen molar-refractivity contribution in [1.82, 2.24) is 0 Å². The van der Waals surface area contributed by atoms with Gasteiger partial charge in [0, 0.05) is 18.8 Å². The van der Waals surface area contributed by atoms with Gasteiger partial charge in [0.1, 0.15) is 0 Å². The maximum atomic E-state index is 11.7. The van der Waals surface area contributed by atoms with Crippen molar-refractivity contribution in [2.45, 2.75) is 38.5 Å². The minimum absolute atomic E-state index is 0.433. The fraction of sp³-hybridized carbons (Fsp3) is 0.562. The van der Waals surface area contributed by atoms with Crippen molar-refractivity contribution in [1.29, 1.82) is 0 Å². The minimum Gasteiger partial charge on any atom is -0.399 e. The number of benzene rings is 1. The molecule has 1 saturated carbocycles. The second-order valence-electron chi connectivity index (χ2n) is 6.46. The summed E-state index contributed by atoms with van der Waals surface area (Å²) in [4.78, 5) is 13.9. The van der Waals surface area contributed by atoms with Gasteiger partial charge >= 0.3 is 0 Å². The van der Waals surface area contributed by atoms with Gasteiger partial charge < -0.3 is 16.4 Å². The highest BCUT2D eigenvalue weighted by atomic mass is 35.5. The molecule has 114 valence electrons. The Kier molecular flexibility index (Phi) is 3.74. The number of carbonyl (C=O) groups is 1. The zero-order chi connectivity index (χ0) is 15.0. The first-order valence-electron chi connectivity index (χ1n) is 7.65. The number of halogens is 1. The number of nitrogens with zero attached hydrogens (tertiary/aromatic N) is 1. The molecule has 4 N–H and O–H groups in total. The molecule has 1 aromatic carbocycles. The molecule has 0 unspecified atom stereocenters. The van der Waals surface area contributed by atoms with Crippen LogP contribution in [0.2, 0.25) is 5.02 Å². The summed E-state index contributed by atoms with van der Waals surface area (Å²) in [7, 11) is 0. The van der Waals surface area contributed by atoms with Crippen LogP contribution in [0.5, 0.6) is 0 Å². The lowest BCUT2D eigenvalue weighted by molar-refractivity contribution is 0.100. The van der Waals surface area contributed by atoms with Gasteiger partial charge in [-0.25, -0.2) is 0 Å². The van der Waals surface area contributed by atoms with Gasteiger partial charge in [-0.2, -0.15) is 0 Å². The quantitative estimate of drug-likeness (QED) is 0.824. The number of amides is 1. The summed E-state index contributed by atoms with van der Waals surface area (Å²) >= 11 is 6.33. The molecule has 0 aromatic heterocycles. The van der Waals surface area contributed by atoms with Crippen molar-refractivity contribution < 1.29 is 4.79 Å². The van der Waals surface area contributed by atoms with Crippen LogP contribution in [0.3, 0.4) is 0 Å². The highest BCUT2D eigenvalue weighted by Crippen LogP contribution is 2.47. The molecule has 4 nitrogen and oxygen atoms in total. The van der Waals surface area contributed by atoms with E-state index < -0.39 is 5.91 Å². The molecule has 1 saturated heterocycles. The van der Waals surface area contributed by atoms with E-state index in [4.69, 9.17) is 23.1 Å². The number of hydrogen-bond donors (Lipinski definition) is 2. The van der Waals surface area contributed by atoms with E-state index in [1.54, 1.807) is 12.1 Å². The molecule has 1 amide bonds. The third-order valence-electron chi connectivity index (χ3n) is 5.16. The SMILES string of the molecule is NC(=O)c1cc(N)cc(Cl)c1N1CCC2(CCCC2)CC1. The zero-order valence-corrected chi connectivity index (χ0v) is 13.0. The summed E-state index contributed by atoms with van der Waals surface area (Å²) < 4.78 is 0. The van der Waals surface area contributed by atoms with Crippen LogP contribution in [0.15, 0.2) is 12.1 Å². The molecular formula is C16H22ClN3O. The third-order valence-corrected chi connectivity index (χ3v) is 5.44. The van der Waals surface area contributed by atoms with Crippen molar-refractivity contribution >= 4 is 28.9 Å². The van der Waals surface area contributed by atoms with Crippen LogP contribution in [-0.2, 0) is 0 Å². The first-order chi connectivity index (χ1) is 10.0. The van der Waals surface area contributed by atoms with Crippen LogP contribution in [0, 0.1) is 5.41 Å². The van der Waals surface area contributed by atoms with E-state index in [9.17, 15) is 4.79 Å². The molecule has 1 aromatic rings. The Hall–Kier alpha value is -1.42. The Morgan fingerprint density at radius 2 is 1.76 bits per heavy atom. The molecule has 21 heavy (non-hydrogen) atoms. The fourth-order valence-corrected chi connectivity index (χ4v) is 4.31. The summed E-state index contributed by atoms with van der Waals surface area (Å²) in [5.41, 5.74) is 13.5. The summed E-state index contributed by atoms with van der Waals surface area (Å²) in [5, 5.41) is 0.520. The Morgan fingerprint density at radius 1 is 1.14 bits per heavy atom. The highest BCUT2D eigenvalue weighted by Gasteiger charge is 2.37. The predicted octanol–water partition coefficient (Wildman–Crippen LogP) is 3.18. The van der Waals surface area contributed by atoms with Crippen LogP contribution in [-0.4, -0.2) is 19.0 Å². The van der Waals surface area contributed by atoms with Crippen LogP contribution in [0.4, 0.5) is 11.4 Å². The average molecular weight is 308 g/mol. The van der Waals surface area contributed by atoms with Gasteiger partial charge in [0.05, 0.1) is 16.3 Å². The van der Waals surface area contributed by atoms with Crippen molar-refractivity contribution in [2.24, 2.45) is 11.1 Å². The molecule has 0 atom stereocenters. The monoisotopic (exact) mass is 307 g/mol. The Labute approximate surface area is 130 Å². The smallest absolute Gasteiger partial charge is 0.250 e. The maximum Gasteiger partial charge on any atom is 0.250 e. The highest BCUT2D eigenvalue weighted by molar-refractivity contribution is 6.34. The van der Waals surface area contributed by atoms with Crippen molar-refractivity contribution in [3.8, 4) is 0 Å². The van der Waals surface area contributed by atoms with E-state index in [1.165, 1.54) is 38.5 Å². The van der Waals surface area contributed by atoms with Gasteiger partial charge in [-0.05, 0) is 43.2 Å². The van der Waals surface area contributed by atoms with E-state index in [1.807, 2.05) is 0 Å². The average Bonchev–Trinajstić information content (AvgIpc) is 2.88. The van der Waals surface area contributed by atoms with Crippen LogP contribution in [0.25, 0.3) is 0 Å². The number of nitrogens with two attached hydrogens (primary N) is 2. The van der Waals surface area contributed by atoms with Crippen molar-refractivity contribution in [3.05, 3.63) is 22.7 Å². The number of primary amides is 1. The predicted molar refractivity (Wildman–Crippen MR) is 86.7 cm³/mol. The van der Waals surface area contributed by atoms with Gasteiger partial charge in [0.15, 0.2) is 0 Å². The molecule has 1 aliphatic heterocycles. The van der Waals surface area contributed by atoms with Crippen LogP contribution >= 0.6 is 11.6 Å². The molecule has 5 heteroatoms. The lowest BCUT2D eigenvalue weighted by Crippen LogP contribution is -2.40. The first-order valence-corrected chi connectivity index (χ1v) is 8.02. The van der Waals surface area contributed by atoms with E-state index in [2.05, 4.69) is 4.90 Å². The van der Waals surface area contributed by atoms with Crippen LogP contribution < -0.4 is 16.4 Å². The first kappa shape index (κ1) is 14.5. The second-order valence-corrected chi connectivity index (χ2v) is 6.86. The normalized spacial score (nSPS) is 20.9. The fourth-order valence-electron chi connectivity index (χ4n) is 3.96. The molecular weight excluding hydrogens is 286 g/mol.